The molecule has 11 heteroatoms. The van der Waals surface area contributed by atoms with Crippen LogP contribution in [0.25, 0.3) is 6.08 Å². The summed E-state index contributed by atoms with van der Waals surface area (Å²) in [7, 11) is 3.91. The lowest BCUT2D eigenvalue weighted by Crippen LogP contribution is -2.42. The molecule has 1 saturated heterocycles. The predicted octanol–water partition coefficient (Wildman–Crippen LogP) is 2.10. The minimum atomic E-state index is -0.668. The minimum absolute atomic E-state index is 0.0460. The second kappa shape index (κ2) is 12.7. The van der Waals surface area contributed by atoms with E-state index < -0.39 is 12.0 Å². The van der Waals surface area contributed by atoms with Crippen molar-refractivity contribution in [3.05, 3.63) is 90.6 Å². The number of amides is 1. The van der Waals surface area contributed by atoms with Gasteiger partial charge in [0.25, 0.3) is 11.5 Å². The molecule has 0 unspecified atom stereocenters. The maximum Gasteiger partial charge on any atom is 0.338 e. The van der Waals surface area contributed by atoms with Crippen molar-refractivity contribution in [2.24, 2.45) is 4.99 Å². The fraction of sp³-hybridized carbons (Fsp3) is 0.355. The zero-order chi connectivity index (χ0) is 29.8. The van der Waals surface area contributed by atoms with E-state index in [0.29, 0.717) is 52.7 Å². The second-order valence-electron chi connectivity index (χ2n) is 10.1. The Hall–Kier alpha value is -4.22. The third-order valence-electron chi connectivity index (χ3n) is 7.15. The second-order valence-corrected chi connectivity index (χ2v) is 11.1. The molecule has 42 heavy (non-hydrogen) atoms. The average Bonchev–Trinajstić information content (AvgIpc) is 3.30. The van der Waals surface area contributed by atoms with E-state index in [0.717, 1.165) is 16.8 Å². The molecule has 1 atom stereocenters. The van der Waals surface area contributed by atoms with E-state index in [2.05, 4.69) is 4.99 Å². The van der Waals surface area contributed by atoms with Gasteiger partial charge in [0.1, 0.15) is 5.75 Å². The summed E-state index contributed by atoms with van der Waals surface area (Å²) >= 11 is 1.27. The maximum absolute atomic E-state index is 13.8. The summed E-state index contributed by atoms with van der Waals surface area (Å²) in [6, 6.07) is 14.3. The van der Waals surface area contributed by atoms with Gasteiger partial charge in [-0.3, -0.25) is 14.2 Å². The first-order chi connectivity index (χ1) is 20.3. The van der Waals surface area contributed by atoms with Gasteiger partial charge >= 0.3 is 5.97 Å². The molecule has 0 radical (unpaired) electrons. The van der Waals surface area contributed by atoms with Crippen LogP contribution < -0.4 is 24.5 Å². The van der Waals surface area contributed by atoms with Crippen LogP contribution in [-0.4, -0.2) is 75.0 Å². The number of carbonyl (C=O) groups excluding carboxylic acids is 2. The quantitative estimate of drug-likeness (QED) is 0.371. The molecular formula is C31H34N4O6S. The van der Waals surface area contributed by atoms with E-state index in [9.17, 15) is 14.4 Å². The summed E-state index contributed by atoms with van der Waals surface area (Å²) in [5.41, 5.74) is 3.21. The molecule has 10 nitrogen and oxygen atoms in total. The fourth-order valence-electron chi connectivity index (χ4n) is 4.92. The van der Waals surface area contributed by atoms with E-state index in [1.54, 1.807) is 41.5 Å². The number of anilines is 1. The number of morpholine rings is 1. The summed E-state index contributed by atoms with van der Waals surface area (Å²) in [5.74, 6) is -0.00428. The zero-order valence-corrected chi connectivity index (χ0v) is 25.0. The molecule has 1 aromatic heterocycles. The van der Waals surface area contributed by atoms with Crippen molar-refractivity contribution in [2.75, 3.05) is 58.5 Å². The number of nitrogens with zero attached hydrogens (tertiary/aromatic N) is 4. The highest BCUT2D eigenvalue weighted by molar-refractivity contribution is 7.07. The van der Waals surface area contributed by atoms with Crippen LogP contribution >= 0.6 is 11.3 Å². The first-order valence-electron chi connectivity index (χ1n) is 13.8. The summed E-state index contributed by atoms with van der Waals surface area (Å²) in [6.07, 6.45) is 1.79. The normalized spacial score (nSPS) is 17.0. The topological polar surface area (TPSA) is 103 Å². The number of allylic oxidation sites excluding steroid dienone is 1. The Balaban J connectivity index is 1.44. The van der Waals surface area contributed by atoms with Crippen LogP contribution in [0.5, 0.6) is 5.75 Å². The van der Waals surface area contributed by atoms with Crippen LogP contribution in [-0.2, 0) is 19.1 Å². The Morgan fingerprint density at radius 2 is 1.79 bits per heavy atom. The first kappa shape index (κ1) is 29.3. The molecule has 3 heterocycles. The van der Waals surface area contributed by atoms with Gasteiger partial charge in [-0.05, 0) is 55.3 Å². The van der Waals surface area contributed by atoms with Crippen molar-refractivity contribution >= 4 is 35.0 Å². The highest BCUT2D eigenvalue weighted by Gasteiger charge is 2.33. The highest BCUT2D eigenvalue weighted by Crippen LogP contribution is 2.31. The van der Waals surface area contributed by atoms with E-state index in [1.807, 2.05) is 55.4 Å². The number of thiazole rings is 1. The van der Waals surface area contributed by atoms with Crippen molar-refractivity contribution in [1.29, 1.82) is 0 Å². The van der Waals surface area contributed by atoms with Crippen LogP contribution in [0.2, 0.25) is 0 Å². The van der Waals surface area contributed by atoms with Gasteiger partial charge in [0.2, 0.25) is 0 Å². The third kappa shape index (κ3) is 6.17. The van der Waals surface area contributed by atoms with Crippen LogP contribution in [0.1, 0.15) is 31.0 Å². The van der Waals surface area contributed by atoms with Crippen molar-refractivity contribution in [3.63, 3.8) is 0 Å². The Labute approximate surface area is 247 Å². The van der Waals surface area contributed by atoms with Crippen molar-refractivity contribution < 1.29 is 23.8 Å². The Bertz CT molecular complexity index is 1670. The number of aromatic nitrogens is 1. The standard InChI is InChI=1S/C31H34N4O6S/c1-5-40-30(38)27-20(2)32-31-35(28(27)22-8-10-23(11-9-22)33(3)4)29(37)25(42-31)18-21-6-12-24(13-7-21)41-19-26(36)34-14-16-39-17-15-34/h6-13,18,28H,5,14-17,19H2,1-4H3/b25-18+/t28-/m0/s1. The van der Waals surface area contributed by atoms with Gasteiger partial charge in [-0.25, -0.2) is 9.79 Å². The SMILES string of the molecule is CCOC(=O)C1=C(C)N=c2s/c(=C/c3ccc(OCC(=O)N4CCOCC4)cc3)c(=O)n2[C@H]1c1ccc(N(C)C)cc1. The van der Waals surface area contributed by atoms with Gasteiger partial charge in [0, 0.05) is 32.9 Å². The van der Waals surface area contributed by atoms with E-state index in [1.165, 1.54) is 11.3 Å². The van der Waals surface area contributed by atoms with Gasteiger partial charge in [-0.2, -0.15) is 0 Å². The summed E-state index contributed by atoms with van der Waals surface area (Å²) in [4.78, 5) is 48.2. The van der Waals surface area contributed by atoms with Crippen LogP contribution in [0, 0.1) is 0 Å². The monoisotopic (exact) mass is 590 g/mol. The molecular weight excluding hydrogens is 556 g/mol. The molecule has 0 saturated carbocycles. The predicted molar refractivity (Wildman–Crippen MR) is 161 cm³/mol. The van der Waals surface area contributed by atoms with Gasteiger partial charge in [-0.1, -0.05) is 35.6 Å². The molecule has 0 bridgehead atoms. The van der Waals surface area contributed by atoms with Gasteiger partial charge < -0.3 is 24.0 Å². The maximum atomic E-state index is 13.8. The van der Waals surface area contributed by atoms with Crippen molar-refractivity contribution in [1.82, 2.24) is 9.47 Å². The lowest BCUT2D eigenvalue weighted by molar-refractivity contribution is -0.139. The molecule has 2 aliphatic heterocycles. The zero-order valence-electron chi connectivity index (χ0n) is 24.2. The summed E-state index contributed by atoms with van der Waals surface area (Å²) in [6.45, 7) is 5.92. The van der Waals surface area contributed by atoms with Crippen LogP contribution in [0.4, 0.5) is 5.69 Å². The summed E-state index contributed by atoms with van der Waals surface area (Å²) in [5, 5.41) is 0. The molecule has 2 aliphatic rings. The molecule has 2 aromatic carbocycles. The third-order valence-corrected chi connectivity index (χ3v) is 8.13. The number of rotatable bonds is 8. The lowest BCUT2D eigenvalue weighted by Gasteiger charge is -2.26. The number of hydrogen-bond donors (Lipinski definition) is 0. The highest BCUT2D eigenvalue weighted by atomic mass is 32.1. The van der Waals surface area contributed by atoms with Gasteiger partial charge in [0.05, 0.1) is 41.7 Å². The number of hydrogen-bond acceptors (Lipinski definition) is 9. The fourth-order valence-corrected chi connectivity index (χ4v) is 5.97. The molecule has 1 amide bonds. The first-order valence-corrected chi connectivity index (χ1v) is 14.6. The Morgan fingerprint density at radius 1 is 1.10 bits per heavy atom. The lowest BCUT2D eigenvalue weighted by atomic mass is 9.95. The largest absolute Gasteiger partial charge is 0.484 e. The number of ether oxygens (including phenoxy) is 3. The van der Waals surface area contributed by atoms with Crippen LogP contribution in [0.15, 0.2) is 69.6 Å². The smallest absolute Gasteiger partial charge is 0.338 e. The Kier molecular flexibility index (Phi) is 8.89. The number of benzene rings is 2. The van der Waals surface area contributed by atoms with E-state index in [-0.39, 0.29) is 24.7 Å². The van der Waals surface area contributed by atoms with Crippen molar-refractivity contribution in [3.8, 4) is 5.75 Å². The molecule has 220 valence electrons. The molecule has 3 aromatic rings. The minimum Gasteiger partial charge on any atom is -0.484 e. The molecule has 0 N–H and O–H groups in total. The molecule has 0 spiro atoms. The molecule has 0 aliphatic carbocycles. The van der Waals surface area contributed by atoms with Crippen LogP contribution in [0.3, 0.4) is 0 Å². The number of carbonyl (C=O) groups is 2. The van der Waals surface area contributed by atoms with E-state index >= 15 is 0 Å². The van der Waals surface area contributed by atoms with Crippen molar-refractivity contribution in [2.45, 2.75) is 19.9 Å². The molecule has 1 fully saturated rings. The van der Waals surface area contributed by atoms with Gasteiger partial charge in [0.15, 0.2) is 11.4 Å². The number of esters is 1. The summed E-state index contributed by atoms with van der Waals surface area (Å²) < 4.78 is 18.4. The number of fused-ring (bicyclic) bond motifs is 1. The average molecular weight is 591 g/mol. The van der Waals surface area contributed by atoms with Gasteiger partial charge in [-0.15, -0.1) is 0 Å². The van der Waals surface area contributed by atoms with E-state index in [4.69, 9.17) is 14.2 Å². The molecule has 5 rings (SSSR count). The Morgan fingerprint density at radius 3 is 2.43 bits per heavy atom.